The van der Waals surface area contributed by atoms with Crippen LogP contribution in [0.2, 0.25) is 0 Å². The third-order valence-electron chi connectivity index (χ3n) is 9.79. The van der Waals surface area contributed by atoms with Gasteiger partial charge in [-0.25, -0.2) is 0 Å². The van der Waals surface area contributed by atoms with Gasteiger partial charge in [-0.1, -0.05) is 127 Å². The van der Waals surface area contributed by atoms with E-state index in [4.69, 9.17) is 4.74 Å². The molecule has 0 fully saturated rings. The molecule has 2 heterocycles. The van der Waals surface area contributed by atoms with Gasteiger partial charge in [0.2, 0.25) is 0 Å². The van der Waals surface area contributed by atoms with Gasteiger partial charge < -0.3 is 9.30 Å². The van der Waals surface area contributed by atoms with Crippen molar-refractivity contribution in [2.24, 2.45) is 0 Å². The zero-order valence-corrected chi connectivity index (χ0v) is 26.1. The van der Waals surface area contributed by atoms with Gasteiger partial charge in [0.15, 0.2) is 0 Å². The van der Waals surface area contributed by atoms with E-state index >= 15 is 0 Å². The topological polar surface area (TPSA) is 14.2 Å². The molecule has 0 radical (unpaired) electrons. The van der Waals surface area contributed by atoms with Crippen molar-refractivity contribution in [2.75, 3.05) is 0 Å². The van der Waals surface area contributed by atoms with E-state index in [2.05, 4.69) is 180 Å². The first-order valence-electron chi connectivity index (χ1n) is 16.4. The second kappa shape index (κ2) is 10.6. The van der Waals surface area contributed by atoms with Gasteiger partial charge in [-0.3, -0.25) is 0 Å². The molecule has 1 aliphatic rings. The molecule has 0 aliphatic carbocycles. The van der Waals surface area contributed by atoms with Gasteiger partial charge in [0, 0.05) is 27.4 Å². The Bertz CT molecular complexity index is 2690. The molecule has 224 valence electrons. The van der Waals surface area contributed by atoms with Crippen molar-refractivity contribution < 1.29 is 4.74 Å². The lowest BCUT2D eigenvalue weighted by atomic mass is 9.88. The van der Waals surface area contributed by atoms with Crippen LogP contribution in [0.5, 0.6) is 11.5 Å². The Morgan fingerprint density at radius 2 is 0.979 bits per heavy atom. The number of hydrogen-bond donors (Lipinski definition) is 0. The van der Waals surface area contributed by atoms with Crippen molar-refractivity contribution in [2.45, 2.75) is 0 Å². The Morgan fingerprint density at radius 1 is 0.333 bits per heavy atom. The van der Waals surface area contributed by atoms with Crippen LogP contribution in [-0.4, -0.2) is 4.57 Å². The summed E-state index contributed by atoms with van der Waals surface area (Å²) < 4.78 is 8.92. The SMILES string of the molecule is c1ccc(-c2ccc3c(c2)-c2cccc4c(-c5cccc(-c6ccc7c8ccccc8n(-c8ccccc8)c7c6)c5)ccc(c24)O3)cc1. The molecule has 0 atom stereocenters. The summed E-state index contributed by atoms with van der Waals surface area (Å²) >= 11 is 0. The molecule has 1 aliphatic heterocycles. The highest BCUT2D eigenvalue weighted by Gasteiger charge is 2.22. The van der Waals surface area contributed by atoms with E-state index in [1.165, 1.54) is 66.1 Å². The van der Waals surface area contributed by atoms with E-state index in [0.717, 1.165) is 28.1 Å². The number of hydrogen-bond acceptors (Lipinski definition) is 1. The van der Waals surface area contributed by atoms with Crippen molar-refractivity contribution in [1.29, 1.82) is 0 Å². The lowest BCUT2D eigenvalue weighted by Gasteiger charge is -2.23. The highest BCUT2D eigenvalue weighted by Crippen LogP contribution is 2.49. The van der Waals surface area contributed by atoms with Gasteiger partial charge in [-0.15, -0.1) is 0 Å². The van der Waals surface area contributed by atoms with Crippen molar-refractivity contribution in [3.63, 3.8) is 0 Å². The Labute approximate surface area is 278 Å². The number of fused-ring (bicyclic) bond motifs is 5. The third-order valence-corrected chi connectivity index (χ3v) is 9.79. The average Bonchev–Trinajstić information content (AvgIpc) is 3.49. The summed E-state index contributed by atoms with van der Waals surface area (Å²) in [4.78, 5) is 0. The van der Waals surface area contributed by atoms with Crippen LogP contribution in [0.1, 0.15) is 0 Å². The Kier molecular flexibility index (Phi) is 5.91. The van der Waals surface area contributed by atoms with E-state index in [1.54, 1.807) is 0 Å². The summed E-state index contributed by atoms with van der Waals surface area (Å²) in [6.45, 7) is 0. The standard InChI is InChI=1S/C46H29NO/c1-3-11-30(12-4-1)32-22-25-44-41(28-32)40-19-10-18-39-36(24-26-45(48-44)46(39)40)34-14-9-13-31(27-34)33-21-23-38-37-17-7-8-20-42(37)47(43(38)29-33)35-15-5-2-6-16-35/h1-29H. The van der Waals surface area contributed by atoms with E-state index in [9.17, 15) is 0 Å². The maximum atomic E-state index is 6.54. The number of para-hydroxylation sites is 2. The molecule has 9 aromatic rings. The molecule has 1 aromatic heterocycles. The number of ether oxygens (including phenoxy) is 1. The van der Waals surface area contributed by atoms with E-state index in [-0.39, 0.29) is 0 Å². The molecule has 0 amide bonds. The zero-order chi connectivity index (χ0) is 31.6. The molecule has 2 heteroatoms. The Balaban J connectivity index is 1.11. The summed E-state index contributed by atoms with van der Waals surface area (Å²) in [7, 11) is 0. The molecule has 2 nitrogen and oxygen atoms in total. The minimum atomic E-state index is 0.896. The summed E-state index contributed by atoms with van der Waals surface area (Å²) in [6.07, 6.45) is 0. The van der Waals surface area contributed by atoms with Crippen LogP contribution in [0.25, 0.3) is 82.8 Å². The van der Waals surface area contributed by atoms with Crippen molar-refractivity contribution in [3.05, 3.63) is 176 Å². The van der Waals surface area contributed by atoms with Crippen LogP contribution >= 0.6 is 0 Å². The maximum absolute atomic E-state index is 6.54. The number of nitrogens with zero attached hydrogens (tertiary/aromatic N) is 1. The number of rotatable bonds is 4. The second-order valence-corrected chi connectivity index (χ2v) is 12.5. The first-order valence-corrected chi connectivity index (χ1v) is 16.4. The van der Waals surface area contributed by atoms with Crippen LogP contribution in [0, 0.1) is 0 Å². The average molecular weight is 612 g/mol. The normalized spacial score (nSPS) is 11.9. The highest BCUT2D eigenvalue weighted by atomic mass is 16.5. The molecular weight excluding hydrogens is 583 g/mol. The van der Waals surface area contributed by atoms with Crippen LogP contribution in [0.3, 0.4) is 0 Å². The largest absolute Gasteiger partial charge is 0.456 e. The van der Waals surface area contributed by atoms with Gasteiger partial charge in [-0.05, 0) is 92.9 Å². The first kappa shape index (κ1) is 26.8. The first-order chi connectivity index (χ1) is 23.8. The van der Waals surface area contributed by atoms with Crippen LogP contribution in [0.15, 0.2) is 176 Å². The predicted molar refractivity (Wildman–Crippen MR) is 200 cm³/mol. The van der Waals surface area contributed by atoms with Crippen LogP contribution in [-0.2, 0) is 0 Å². The van der Waals surface area contributed by atoms with E-state index in [1.807, 2.05) is 0 Å². The lowest BCUT2D eigenvalue weighted by molar-refractivity contribution is 0.487. The Hall–Kier alpha value is -6.38. The maximum Gasteiger partial charge on any atom is 0.135 e. The highest BCUT2D eigenvalue weighted by molar-refractivity contribution is 6.11. The van der Waals surface area contributed by atoms with Gasteiger partial charge in [0.05, 0.1) is 11.0 Å². The molecule has 0 spiro atoms. The molecule has 0 saturated carbocycles. The molecule has 0 bridgehead atoms. The van der Waals surface area contributed by atoms with Gasteiger partial charge >= 0.3 is 0 Å². The van der Waals surface area contributed by atoms with Crippen LogP contribution < -0.4 is 4.74 Å². The van der Waals surface area contributed by atoms with E-state index in [0.29, 0.717) is 0 Å². The fourth-order valence-electron chi connectivity index (χ4n) is 7.57. The monoisotopic (exact) mass is 611 g/mol. The fourth-order valence-corrected chi connectivity index (χ4v) is 7.57. The summed E-state index contributed by atoms with van der Waals surface area (Å²) in [5.41, 5.74) is 13.1. The number of aromatic nitrogens is 1. The van der Waals surface area contributed by atoms with E-state index < -0.39 is 0 Å². The quantitative estimate of drug-likeness (QED) is 0.193. The molecule has 48 heavy (non-hydrogen) atoms. The minimum Gasteiger partial charge on any atom is -0.456 e. The molecule has 8 aromatic carbocycles. The molecule has 0 N–H and O–H groups in total. The second-order valence-electron chi connectivity index (χ2n) is 12.5. The van der Waals surface area contributed by atoms with Gasteiger partial charge in [0.25, 0.3) is 0 Å². The smallest absolute Gasteiger partial charge is 0.135 e. The van der Waals surface area contributed by atoms with Gasteiger partial charge in [0.1, 0.15) is 11.5 Å². The summed E-state index contributed by atoms with van der Waals surface area (Å²) in [6, 6.07) is 63.2. The van der Waals surface area contributed by atoms with Gasteiger partial charge in [-0.2, -0.15) is 0 Å². The third kappa shape index (κ3) is 4.13. The van der Waals surface area contributed by atoms with Crippen molar-refractivity contribution in [3.8, 4) is 61.7 Å². The summed E-state index contributed by atoms with van der Waals surface area (Å²) in [5.74, 6) is 1.80. The molecule has 0 saturated heterocycles. The number of benzene rings is 8. The molecular formula is C46H29NO. The van der Waals surface area contributed by atoms with Crippen LogP contribution in [0.4, 0.5) is 0 Å². The Morgan fingerprint density at radius 3 is 1.88 bits per heavy atom. The predicted octanol–water partition coefficient (Wildman–Crippen LogP) is 12.7. The molecule has 0 unspecified atom stereocenters. The lowest BCUT2D eigenvalue weighted by Crippen LogP contribution is -1.98. The van der Waals surface area contributed by atoms with Crippen molar-refractivity contribution in [1.82, 2.24) is 4.57 Å². The summed E-state index contributed by atoms with van der Waals surface area (Å²) in [5, 5.41) is 4.87. The molecule has 10 rings (SSSR count). The fraction of sp³-hybridized carbons (Fsp3) is 0. The minimum absolute atomic E-state index is 0.896. The zero-order valence-electron chi connectivity index (χ0n) is 26.1. The van der Waals surface area contributed by atoms with Crippen molar-refractivity contribution >= 4 is 32.6 Å².